The molecule has 1 fully saturated rings. The smallest absolute Gasteiger partial charge is 0.287 e. The van der Waals surface area contributed by atoms with E-state index in [1.165, 1.54) is 23.6 Å². The predicted molar refractivity (Wildman–Crippen MR) is 111 cm³/mol. The van der Waals surface area contributed by atoms with Gasteiger partial charge in [0, 0.05) is 46.3 Å². The maximum Gasteiger partial charge on any atom is 0.287 e. The summed E-state index contributed by atoms with van der Waals surface area (Å²) in [5, 5.41) is 11.7. The van der Waals surface area contributed by atoms with Crippen LogP contribution in [0.3, 0.4) is 0 Å². The molecule has 0 bridgehead atoms. The Bertz CT molecular complexity index is 990. The van der Waals surface area contributed by atoms with Gasteiger partial charge in [0.05, 0.1) is 14.5 Å². The van der Waals surface area contributed by atoms with Crippen molar-refractivity contribution in [3.8, 4) is 0 Å². The van der Waals surface area contributed by atoms with Crippen LogP contribution < -0.4 is 9.80 Å². The summed E-state index contributed by atoms with van der Waals surface area (Å²) in [4.78, 5) is 39.3. The van der Waals surface area contributed by atoms with Crippen LogP contribution in [0.1, 0.15) is 9.67 Å². The van der Waals surface area contributed by atoms with Gasteiger partial charge in [-0.3, -0.25) is 14.9 Å². The monoisotopic (exact) mass is 418 g/mol. The van der Waals surface area contributed by atoms with Gasteiger partial charge in [0.25, 0.3) is 11.6 Å². The first-order valence-electron chi connectivity index (χ1n) is 8.65. The summed E-state index contributed by atoms with van der Waals surface area (Å²) in [6.07, 6.45) is 1.26. The van der Waals surface area contributed by atoms with E-state index in [-0.39, 0.29) is 11.6 Å². The minimum absolute atomic E-state index is 0.0258. The van der Waals surface area contributed by atoms with Crippen LogP contribution in [-0.4, -0.2) is 66.0 Å². The molecular formula is C17H18N6O3S2. The van der Waals surface area contributed by atoms with Crippen molar-refractivity contribution in [2.75, 3.05) is 50.1 Å². The second kappa shape index (κ2) is 7.32. The maximum absolute atomic E-state index is 12.8. The lowest BCUT2D eigenvalue weighted by atomic mass is 10.2. The second-order valence-corrected chi connectivity index (χ2v) is 8.62. The number of rotatable bonds is 4. The Morgan fingerprint density at radius 1 is 1.21 bits per heavy atom. The van der Waals surface area contributed by atoms with Gasteiger partial charge < -0.3 is 14.7 Å². The fourth-order valence-corrected chi connectivity index (χ4v) is 5.09. The molecule has 1 aliphatic heterocycles. The number of pyridine rings is 1. The van der Waals surface area contributed by atoms with E-state index >= 15 is 0 Å². The molecule has 0 aliphatic carbocycles. The summed E-state index contributed by atoms with van der Waals surface area (Å²) in [5.41, 5.74) is -0.0266. The molecule has 4 rings (SSSR count). The number of nitrogens with zero attached hydrogens (tertiary/aromatic N) is 6. The summed E-state index contributed by atoms with van der Waals surface area (Å²) < 4.78 is 1.03. The van der Waals surface area contributed by atoms with Crippen molar-refractivity contribution in [1.82, 2.24) is 14.9 Å². The molecule has 1 amide bonds. The van der Waals surface area contributed by atoms with E-state index in [1.54, 1.807) is 17.4 Å². The molecule has 0 saturated carbocycles. The Morgan fingerprint density at radius 3 is 2.54 bits per heavy atom. The lowest BCUT2D eigenvalue weighted by molar-refractivity contribution is -0.385. The number of thiophene rings is 1. The molecule has 11 heteroatoms. The summed E-state index contributed by atoms with van der Waals surface area (Å²) in [5.74, 6) is 0.715. The van der Waals surface area contributed by atoms with E-state index < -0.39 is 4.92 Å². The van der Waals surface area contributed by atoms with Gasteiger partial charge in [0.2, 0.25) is 0 Å². The van der Waals surface area contributed by atoms with Gasteiger partial charge in [-0.2, -0.15) is 0 Å². The van der Waals surface area contributed by atoms with Crippen LogP contribution in [0.5, 0.6) is 0 Å². The highest BCUT2D eigenvalue weighted by Gasteiger charge is 2.25. The zero-order valence-corrected chi connectivity index (χ0v) is 17.0. The van der Waals surface area contributed by atoms with Crippen LogP contribution in [0, 0.1) is 10.1 Å². The van der Waals surface area contributed by atoms with Gasteiger partial charge in [-0.05, 0) is 12.1 Å². The lowest BCUT2D eigenvalue weighted by Gasteiger charge is -2.35. The number of hydrogen-bond acceptors (Lipinski definition) is 9. The molecule has 0 spiro atoms. The number of fused-ring (bicyclic) bond motifs is 1. The van der Waals surface area contributed by atoms with Gasteiger partial charge in [0.1, 0.15) is 16.8 Å². The molecule has 0 unspecified atom stereocenters. The number of aromatic nitrogens is 2. The predicted octanol–water partition coefficient (Wildman–Crippen LogP) is 2.69. The summed E-state index contributed by atoms with van der Waals surface area (Å²) in [6, 6.07) is 5.03. The fraction of sp³-hybridized carbons (Fsp3) is 0.353. The van der Waals surface area contributed by atoms with Crippen molar-refractivity contribution < 1.29 is 9.72 Å². The fourth-order valence-electron chi connectivity index (χ4n) is 2.99. The van der Waals surface area contributed by atoms with Crippen LogP contribution in [0.2, 0.25) is 0 Å². The number of anilines is 2. The lowest BCUT2D eigenvalue weighted by Crippen LogP contribution is -2.48. The Morgan fingerprint density at radius 2 is 1.96 bits per heavy atom. The van der Waals surface area contributed by atoms with E-state index in [4.69, 9.17) is 0 Å². The van der Waals surface area contributed by atoms with Gasteiger partial charge >= 0.3 is 0 Å². The topological polar surface area (TPSA) is 95.7 Å². The summed E-state index contributed by atoms with van der Waals surface area (Å²) in [6.45, 7) is 2.44. The highest BCUT2D eigenvalue weighted by atomic mass is 32.1. The molecule has 1 saturated heterocycles. The van der Waals surface area contributed by atoms with Crippen molar-refractivity contribution in [3.63, 3.8) is 0 Å². The van der Waals surface area contributed by atoms with Crippen molar-refractivity contribution in [2.45, 2.75) is 0 Å². The number of nitro groups is 1. The third kappa shape index (κ3) is 3.50. The third-order valence-corrected chi connectivity index (χ3v) is 6.82. The summed E-state index contributed by atoms with van der Waals surface area (Å²) >= 11 is 3.01. The van der Waals surface area contributed by atoms with Crippen LogP contribution >= 0.6 is 22.7 Å². The molecule has 4 heterocycles. The molecule has 0 N–H and O–H groups in total. The standard InChI is InChI=1S/C17H18N6O3S2/c1-20(2)17-19-15-12(28-17)9-13(27-15)16(24)22-7-5-21(6-8-22)14-4-3-11(10-18-14)23(25)26/h3-4,9-10H,5-8H2,1-2H3. The van der Waals surface area contributed by atoms with E-state index in [9.17, 15) is 14.9 Å². The van der Waals surface area contributed by atoms with Crippen LogP contribution in [-0.2, 0) is 0 Å². The Hall–Kier alpha value is -2.79. The van der Waals surface area contributed by atoms with Crippen molar-refractivity contribution in [1.29, 1.82) is 0 Å². The Kier molecular flexibility index (Phi) is 4.85. The Balaban J connectivity index is 1.41. The summed E-state index contributed by atoms with van der Waals surface area (Å²) in [7, 11) is 3.90. The number of thiazole rings is 1. The van der Waals surface area contributed by atoms with Crippen LogP contribution in [0.15, 0.2) is 24.4 Å². The van der Waals surface area contributed by atoms with Gasteiger partial charge in [-0.25, -0.2) is 9.97 Å². The number of hydrogen-bond donors (Lipinski definition) is 0. The maximum atomic E-state index is 12.8. The highest BCUT2D eigenvalue weighted by molar-refractivity contribution is 7.29. The van der Waals surface area contributed by atoms with Gasteiger partial charge in [-0.15, -0.1) is 11.3 Å². The molecule has 0 atom stereocenters. The average molecular weight is 419 g/mol. The molecular weight excluding hydrogens is 400 g/mol. The van der Waals surface area contributed by atoms with Crippen LogP contribution in [0.25, 0.3) is 9.53 Å². The first kappa shape index (κ1) is 18.6. The van der Waals surface area contributed by atoms with Crippen LogP contribution in [0.4, 0.5) is 16.6 Å². The quantitative estimate of drug-likeness (QED) is 0.475. The van der Waals surface area contributed by atoms with E-state index in [1.807, 2.05) is 34.9 Å². The molecule has 0 radical (unpaired) electrons. The van der Waals surface area contributed by atoms with Crippen molar-refractivity contribution in [2.24, 2.45) is 0 Å². The molecule has 0 aromatic carbocycles. The first-order valence-corrected chi connectivity index (χ1v) is 10.3. The molecule has 3 aromatic heterocycles. The SMILES string of the molecule is CN(C)c1nc2sc(C(=O)N3CCN(c4ccc([N+](=O)[O-])cn4)CC3)cc2s1. The van der Waals surface area contributed by atoms with E-state index in [0.29, 0.717) is 36.9 Å². The van der Waals surface area contributed by atoms with Crippen molar-refractivity contribution >= 4 is 54.7 Å². The number of carbonyl (C=O) groups is 1. The molecule has 28 heavy (non-hydrogen) atoms. The number of amides is 1. The minimum Gasteiger partial charge on any atom is -0.354 e. The number of carbonyl (C=O) groups excluding carboxylic acids is 1. The van der Waals surface area contributed by atoms with Gasteiger partial charge in [0.15, 0.2) is 5.13 Å². The Labute approximate surface area is 169 Å². The second-order valence-electron chi connectivity index (χ2n) is 6.58. The molecule has 146 valence electrons. The highest BCUT2D eigenvalue weighted by Crippen LogP contribution is 2.34. The van der Waals surface area contributed by atoms with E-state index in [2.05, 4.69) is 9.97 Å². The molecule has 1 aliphatic rings. The minimum atomic E-state index is -0.463. The van der Waals surface area contributed by atoms with Gasteiger partial charge in [-0.1, -0.05) is 11.3 Å². The van der Waals surface area contributed by atoms with E-state index in [0.717, 1.165) is 14.7 Å². The third-order valence-electron chi connectivity index (χ3n) is 4.51. The molecule has 3 aromatic rings. The molecule has 9 nitrogen and oxygen atoms in total. The zero-order valence-electron chi connectivity index (χ0n) is 15.4. The normalized spacial score (nSPS) is 14.5. The number of piperazine rings is 1. The first-order chi connectivity index (χ1) is 13.4. The average Bonchev–Trinajstić information content (AvgIpc) is 3.27. The van der Waals surface area contributed by atoms with Crippen molar-refractivity contribution in [3.05, 3.63) is 39.4 Å². The zero-order chi connectivity index (χ0) is 19.8. The largest absolute Gasteiger partial charge is 0.354 e.